The molecule has 0 nitrogen and oxygen atoms in total. The van der Waals surface area contributed by atoms with E-state index >= 15 is 0 Å². The monoisotopic (exact) mass is 342 g/mol. The molecule has 0 bridgehead atoms. The Kier molecular flexibility index (Phi) is 4.49. The van der Waals surface area contributed by atoms with Crippen molar-refractivity contribution in [3.8, 4) is 11.1 Å². The van der Waals surface area contributed by atoms with Crippen LogP contribution in [0.25, 0.3) is 11.1 Å². The van der Waals surface area contributed by atoms with Crippen molar-refractivity contribution in [3.63, 3.8) is 0 Å². The molecule has 1 aliphatic rings. The maximum atomic E-state index is 3.98. The predicted octanol–water partition coefficient (Wildman–Crippen LogP) is 6.76. The van der Waals surface area contributed by atoms with E-state index in [1.165, 1.54) is 48.8 Å². The van der Waals surface area contributed by atoms with Crippen LogP contribution in [0.1, 0.15) is 49.4 Å². The van der Waals surface area contributed by atoms with Gasteiger partial charge in [-0.2, -0.15) is 0 Å². The number of benzene rings is 2. The van der Waals surface area contributed by atoms with Crippen LogP contribution in [0.15, 0.2) is 54.6 Å². The van der Waals surface area contributed by atoms with E-state index in [2.05, 4.69) is 77.5 Å². The first-order chi connectivity index (χ1) is 10.2. The molecule has 1 saturated carbocycles. The average molecular weight is 343 g/mol. The minimum atomic E-state index is 0.409. The number of hydrogen-bond acceptors (Lipinski definition) is 0. The van der Waals surface area contributed by atoms with Crippen LogP contribution in [0.2, 0.25) is 0 Å². The molecule has 0 saturated heterocycles. The Morgan fingerprint density at radius 2 is 1.38 bits per heavy atom. The lowest BCUT2D eigenvalue weighted by molar-refractivity contribution is 0.213. The number of rotatable bonds is 3. The molecule has 0 N–H and O–H groups in total. The van der Waals surface area contributed by atoms with Crippen LogP contribution in [-0.4, -0.2) is 0 Å². The standard InChI is InChI=1S/C20H23Br/c1-20(14-6-3-7-15-20)19(21)18-12-10-17(11-13-18)16-8-4-2-5-9-16/h2,4-5,8-13,19H,3,6-7,14-15H2,1H3. The van der Waals surface area contributed by atoms with Crippen molar-refractivity contribution in [2.24, 2.45) is 5.41 Å². The first-order valence-electron chi connectivity index (χ1n) is 7.98. The van der Waals surface area contributed by atoms with Gasteiger partial charge >= 0.3 is 0 Å². The summed E-state index contributed by atoms with van der Waals surface area (Å²) in [6.45, 7) is 2.44. The molecule has 1 atom stereocenters. The van der Waals surface area contributed by atoms with Crippen molar-refractivity contribution >= 4 is 15.9 Å². The van der Waals surface area contributed by atoms with Gasteiger partial charge in [0.1, 0.15) is 0 Å². The molecule has 0 aromatic heterocycles. The lowest BCUT2D eigenvalue weighted by Gasteiger charge is -2.38. The molecule has 0 heterocycles. The van der Waals surface area contributed by atoms with Gasteiger partial charge < -0.3 is 0 Å². The molecule has 1 fully saturated rings. The van der Waals surface area contributed by atoms with Gasteiger partial charge in [-0.1, -0.05) is 96.7 Å². The van der Waals surface area contributed by atoms with Gasteiger partial charge in [0.15, 0.2) is 0 Å². The molecular weight excluding hydrogens is 320 g/mol. The Balaban J connectivity index is 1.80. The smallest absolute Gasteiger partial charge is 0.0448 e. The van der Waals surface area contributed by atoms with Crippen LogP contribution in [0.3, 0.4) is 0 Å². The van der Waals surface area contributed by atoms with Crippen LogP contribution in [0, 0.1) is 5.41 Å². The van der Waals surface area contributed by atoms with E-state index in [0.717, 1.165) is 0 Å². The maximum Gasteiger partial charge on any atom is 0.0448 e. The first-order valence-corrected chi connectivity index (χ1v) is 8.90. The Bertz CT molecular complexity index is 565. The average Bonchev–Trinajstić information content (AvgIpc) is 2.56. The Morgan fingerprint density at radius 1 is 0.810 bits per heavy atom. The second-order valence-electron chi connectivity index (χ2n) is 6.57. The Labute approximate surface area is 136 Å². The van der Waals surface area contributed by atoms with E-state index in [1.54, 1.807) is 0 Å². The van der Waals surface area contributed by atoms with Crippen molar-refractivity contribution in [2.45, 2.75) is 43.9 Å². The van der Waals surface area contributed by atoms with Crippen LogP contribution in [0.5, 0.6) is 0 Å². The quantitative estimate of drug-likeness (QED) is 0.540. The molecule has 1 aliphatic carbocycles. The fourth-order valence-corrected chi connectivity index (χ4v) is 4.25. The third kappa shape index (κ3) is 3.23. The number of hydrogen-bond donors (Lipinski definition) is 0. The summed E-state index contributed by atoms with van der Waals surface area (Å²) in [7, 11) is 0. The Morgan fingerprint density at radius 3 is 2.00 bits per heavy atom. The molecular formula is C20H23Br. The SMILES string of the molecule is CC1(C(Br)c2ccc(-c3ccccc3)cc2)CCCCC1. The summed E-state index contributed by atoms with van der Waals surface area (Å²) >= 11 is 3.98. The zero-order chi connectivity index (χ0) is 14.7. The second-order valence-corrected chi connectivity index (χ2v) is 7.48. The lowest BCUT2D eigenvalue weighted by atomic mass is 9.72. The molecule has 0 aliphatic heterocycles. The third-order valence-corrected chi connectivity index (χ3v) is 6.55. The summed E-state index contributed by atoms with van der Waals surface area (Å²) in [6, 6.07) is 19.7. The number of halogens is 1. The van der Waals surface area contributed by atoms with Crippen LogP contribution >= 0.6 is 15.9 Å². The topological polar surface area (TPSA) is 0 Å². The highest BCUT2D eigenvalue weighted by molar-refractivity contribution is 9.09. The Hall–Kier alpha value is -1.08. The molecule has 2 aromatic rings. The van der Waals surface area contributed by atoms with Gasteiger partial charge in [-0.05, 0) is 34.9 Å². The van der Waals surface area contributed by atoms with Gasteiger partial charge in [-0.15, -0.1) is 0 Å². The molecule has 3 rings (SSSR count). The minimum absolute atomic E-state index is 0.409. The molecule has 1 heteroatoms. The minimum Gasteiger partial charge on any atom is -0.0833 e. The van der Waals surface area contributed by atoms with E-state index in [1.807, 2.05) is 0 Å². The molecule has 21 heavy (non-hydrogen) atoms. The molecule has 110 valence electrons. The molecule has 2 aromatic carbocycles. The van der Waals surface area contributed by atoms with Crippen LogP contribution in [-0.2, 0) is 0 Å². The normalized spacial score (nSPS) is 19.1. The first kappa shape index (κ1) is 14.8. The summed E-state index contributed by atoms with van der Waals surface area (Å²) in [5.74, 6) is 0. The van der Waals surface area contributed by atoms with E-state index < -0.39 is 0 Å². The van der Waals surface area contributed by atoms with E-state index in [9.17, 15) is 0 Å². The highest BCUT2D eigenvalue weighted by atomic mass is 79.9. The van der Waals surface area contributed by atoms with Gasteiger partial charge in [0.2, 0.25) is 0 Å². The fourth-order valence-electron chi connectivity index (χ4n) is 3.49. The third-order valence-electron chi connectivity index (χ3n) is 4.92. The molecule has 0 radical (unpaired) electrons. The number of alkyl halides is 1. The molecule has 0 spiro atoms. The molecule has 0 amide bonds. The predicted molar refractivity (Wildman–Crippen MR) is 94.7 cm³/mol. The largest absolute Gasteiger partial charge is 0.0833 e. The summed E-state index contributed by atoms with van der Waals surface area (Å²) < 4.78 is 0. The lowest BCUT2D eigenvalue weighted by Crippen LogP contribution is -2.25. The fraction of sp³-hybridized carbons (Fsp3) is 0.400. The van der Waals surface area contributed by atoms with Crippen LogP contribution < -0.4 is 0 Å². The van der Waals surface area contributed by atoms with Gasteiger partial charge in [0.25, 0.3) is 0 Å². The highest BCUT2D eigenvalue weighted by Gasteiger charge is 2.34. The van der Waals surface area contributed by atoms with Crippen molar-refractivity contribution in [3.05, 3.63) is 60.2 Å². The summed E-state index contributed by atoms with van der Waals surface area (Å²) in [5.41, 5.74) is 4.41. The van der Waals surface area contributed by atoms with Crippen molar-refractivity contribution in [1.82, 2.24) is 0 Å². The summed E-state index contributed by atoms with van der Waals surface area (Å²) in [4.78, 5) is 0.468. The molecule has 1 unspecified atom stereocenters. The van der Waals surface area contributed by atoms with E-state index in [0.29, 0.717) is 10.2 Å². The zero-order valence-corrected chi connectivity index (χ0v) is 14.3. The van der Waals surface area contributed by atoms with Gasteiger partial charge in [0.05, 0.1) is 0 Å². The summed E-state index contributed by atoms with van der Waals surface area (Å²) in [6.07, 6.45) is 6.83. The van der Waals surface area contributed by atoms with Gasteiger partial charge in [-0.25, -0.2) is 0 Å². The van der Waals surface area contributed by atoms with Crippen molar-refractivity contribution in [2.75, 3.05) is 0 Å². The summed E-state index contributed by atoms with van der Waals surface area (Å²) in [5, 5.41) is 0. The van der Waals surface area contributed by atoms with Crippen LogP contribution in [0.4, 0.5) is 0 Å². The maximum absolute atomic E-state index is 3.98. The highest BCUT2D eigenvalue weighted by Crippen LogP contribution is 2.50. The van der Waals surface area contributed by atoms with Crippen molar-refractivity contribution < 1.29 is 0 Å². The van der Waals surface area contributed by atoms with E-state index in [4.69, 9.17) is 0 Å². The van der Waals surface area contributed by atoms with E-state index in [-0.39, 0.29) is 0 Å². The second kappa shape index (κ2) is 6.36. The van der Waals surface area contributed by atoms with Crippen molar-refractivity contribution in [1.29, 1.82) is 0 Å². The van der Waals surface area contributed by atoms with Gasteiger partial charge in [0, 0.05) is 4.83 Å². The van der Waals surface area contributed by atoms with Gasteiger partial charge in [-0.3, -0.25) is 0 Å². The zero-order valence-electron chi connectivity index (χ0n) is 12.7.